The second kappa shape index (κ2) is 6.20. The number of hydrogen-bond acceptors (Lipinski definition) is 4. The van der Waals surface area contributed by atoms with E-state index in [1.54, 1.807) is 0 Å². The van der Waals surface area contributed by atoms with Crippen molar-refractivity contribution in [1.29, 1.82) is 0 Å². The zero-order valence-corrected chi connectivity index (χ0v) is 12.5. The van der Waals surface area contributed by atoms with E-state index < -0.39 is 0 Å². The van der Waals surface area contributed by atoms with E-state index in [2.05, 4.69) is 9.97 Å². The maximum absolute atomic E-state index is 12.2. The lowest BCUT2D eigenvalue weighted by atomic mass is 10.00. The van der Waals surface area contributed by atoms with Gasteiger partial charge in [0, 0.05) is 5.25 Å². The van der Waals surface area contributed by atoms with Crippen molar-refractivity contribution in [1.82, 2.24) is 9.97 Å². The Labute approximate surface area is 123 Å². The molecule has 1 aromatic heterocycles. The first-order valence-electron chi connectivity index (χ1n) is 7.67. The first kappa shape index (κ1) is 14.0. The quantitative estimate of drug-likeness (QED) is 0.894. The van der Waals surface area contributed by atoms with E-state index in [0.717, 1.165) is 25.7 Å². The first-order valence-corrected chi connectivity index (χ1v) is 8.72. The number of H-pyrrole nitrogens is 1. The molecule has 2 saturated carbocycles. The van der Waals surface area contributed by atoms with Crippen LogP contribution in [0.4, 0.5) is 0 Å². The van der Waals surface area contributed by atoms with Gasteiger partial charge in [0.25, 0.3) is 5.56 Å². The maximum Gasteiger partial charge on any atom is 0.258 e. The second-order valence-electron chi connectivity index (χ2n) is 5.95. The van der Waals surface area contributed by atoms with Gasteiger partial charge in [-0.15, -0.1) is 0 Å². The van der Waals surface area contributed by atoms with Gasteiger partial charge < -0.3 is 10.1 Å². The van der Waals surface area contributed by atoms with E-state index in [1.807, 2.05) is 11.8 Å². The lowest BCUT2D eigenvalue weighted by Crippen LogP contribution is -2.18. The Kier molecular flexibility index (Phi) is 4.34. The first-order chi connectivity index (χ1) is 9.74. The fourth-order valence-electron chi connectivity index (χ4n) is 3.42. The van der Waals surface area contributed by atoms with Crippen LogP contribution in [-0.4, -0.2) is 20.3 Å². The van der Waals surface area contributed by atoms with E-state index in [0.29, 0.717) is 22.4 Å². The molecule has 0 aliphatic heterocycles. The SMILES string of the molecule is O=c1[nH]c(CSC2CCCC2)nc(O)c1C1CCCC1. The van der Waals surface area contributed by atoms with Crippen LogP contribution in [0.1, 0.15) is 68.7 Å². The maximum atomic E-state index is 12.2. The van der Waals surface area contributed by atoms with E-state index in [9.17, 15) is 9.90 Å². The highest BCUT2D eigenvalue weighted by atomic mass is 32.2. The highest BCUT2D eigenvalue weighted by molar-refractivity contribution is 7.99. The summed E-state index contributed by atoms with van der Waals surface area (Å²) in [4.78, 5) is 19.3. The standard InChI is InChI=1S/C15H22N2O2S/c18-14-13(10-5-1-2-6-10)15(19)17-12(16-14)9-20-11-7-3-4-8-11/h10-11H,1-9H2,(H2,16,17,18,19). The number of nitrogens with zero attached hydrogens (tertiary/aromatic N) is 1. The van der Waals surface area contributed by atoms with Crippen molar-refractivity contribution in [2.24, 2.45) is 0 Å². The molecule has 0 radical (unpaired) electrons. The summed E-state index contributed by atoms with van der Waals surface area (Å²) < 4.78 is 0. The third-order valence-electron chi connectivity index (χ3n) is 4.51. The summed E-state index contributed by atoms with van der Waals surface area (Å²) in [5.41, 5.74) is 0.378. The highest BCUT2D eigenvalue weighted by Crippen LogP contribution is 2.36. The van der Waals surface area contributed by atoms with Crippen LogP contribution < -0.4 is 5.56 Å². The molecule has 20 heavy (non-hydrogen) atoms. The Morgan fingerprint density at radius 1 is 1.15 bits per heavy atom. The molecular formula is C15H22N2O2S. The van der Waals surface area contributed by atoms with Crippen molar-refractivity contribution in [2.75, 3.05) is 0 Å². The van der Waals surface area contributed by atoms with Crippen LogP contribution in [0.2, 0.25) is 0 Å². The third kappa shape index (κ3) is 3.03. The largest absolute Gasteiger partial charge is 0.493 e. The van der Waals surface area contributed by atoms with Gasteiger partial charge in [0.05, 0.1) is 11.3 Å². The van der Waals surface area contributed by atoms with Gasteiger partial charge in [-0.05, 0) is 31.6 Å². The molecule has 0 amide bonds. The predicted molar refractivity (Wildman–Crippen MR) is 81.3 cm³/mol. The molecule has 0 bridgehead atoms. The summed E-state index contributed by atoms with van der Waals surface area (Å²) in [5.74, 6) is 1.47. The molecule has 0 atom stereocenters. The van der Waals surface area contributed by atoms with Gasteiger partial charge in [-0.25, -0.2) is 0 Å². The molecule has 2 fully saturated rings. The van der Waals surface area contributed by atoms with Gasteiger partial charge in [-0.1, -0.05) is 25.7 Å². The van der Waals surface area contributed by atoms with Crippen molar-refractivity contribution in [2.45, 2.75) is 68.3 Å². The molecule has 5 heteroatoms. The van der Waals surface area contributed by atoms with Crippen molar-refractivity contribution in [3.63, 3.8) is 0 Å². The summed E-state index contributed by atoms with van der Waals surface area (Å²) in [6.07, 6.45) is 9.43. The van der Waals surface area contributed by atoms with Crippen molar-refractivity contribution in [3.8, 4) is 5.88 Å². The smallest absolute Gasteiger partial charge is 0.258 e. The Balaban J connectivity index is 1.71. The second-order valence-corrected chi connectivity index (χ2v) is 7.24. The van der Waals surface area contributed by atoms with Crippen LogP contribution in [0.25, 0.3) is 0 Å². The summed E-state index contributed by atoms with van der Waals surface area (Å²) in [6, 6.07) is 0. The summed E-state index contributed by atoms with van der Waals surface area (Å²) in [6.45, 7) is 0. The van der Waals surface area contributed by atoms with Crippen LogP contribution in [-0.2, 0) is 5.75 Å². The number of aromatic amines is 1. The molecule has 0 unspecified atom stereocenters. The van der Waals surface area contributed by atoms with Gasteiger partial charge >= 0.3 is 0 Å². The minimum Gasteiger partial charge on any atom is -0.493 e. The lowest BCUT2D eigenvalue weighted by molar-refractivity contribution is 0.433. The molecule has 2 N–H and O–H groups in total. The normalized spacial score (nSPS) is 20.8. The third-order valence-corrected chi connectivity index (χ3v) is 5.89. The van der Waals surface area contributed by atoms with Crippen LogP contribution in [0.15, 0.2) is 4.79 Å². The Morgan fingerprint density at radius 2 is 1.80 bits per heavy atom. The summed E-state index contributed by atoms with van der Waals surface area (Å²) in [5, 5.41) is 10.8. The van der Waals surface area contributed by atoms with Gasteiger partial charge in [-0.2, -0.15) is 16.7 Å². The number of aromatic nitrogens is 2. The van der Waals surface area contributed by atoms with Crippen LogP contribution in [0.3, 0.4) is 0 Å². The molecule has 1 heterocycles. The van der Waals surface area contributed by atoms with E-state index >= 15 is 0 Å². The predicted octanol–water partition coefficient (Wildman–Crippen LogP) is 3.31. The Bertz CT molecular complexity index is 517. The van der Waals surface area contributed by atoms with Gasteiger partial charge in [0.1, 0.15) is 5.82 Å². The lowest BCUT2D eigenvalue weighted by Gasteiger charge is -2.12. The van der Waals surface area contributed by atoms with Gasteiger partial charge in [0.15, 0.2) is 0 Å². The molecule has 110 valence electrons. The molecule has 2 aliphatic rings. The van der Waals surface area contributed by atoms with E-state index in [1.165, 1.54) is 25.7 Å². The molecule has 3 rings (SSSR count). The average Bonchev–Trinajstić information content (AvgIpc) is 3.09. The number of nitrogens with one attached hydrogen (secondary N) is 1. The van der Waals surface area contributed by atoms with E-state index in [-0.39, 0.29) is 17.4 Å². The van der Waals surface area contributed by atoms with Crippen LogP contribution >= 0.6 is 11.8 Å². The van der Waals surface area contributed by atoms with Gasteiger partial charge in [0.2, 0.25) is 5.88 Å². The monoisotopic (exact) mass is 294 g/mol. The topological polar surface area (TPSA) is 66.0 Å². The fraction of sp³-hybridized carbons (Fsp3) is 0.733. The van der Waals surface area contributed by atoms with Crippen LogP contribution in [0, 0.1) is 0 Å². The summed E-state index contributed by atoms with van der Waals surface area (Å²) in [7, 11) is 0. The van der Waals surface area contributed by atoms with E-state index in [4.69, 9.17) is 0 Å². The molecule has 0 spiro atoms. The fourth-order valence-corrected chi connectivity index (χ4v) is 4.62. The van der Waals surface area contributed by atoms with Crippen molar-refractivity contribution in [3.05, 3.63) is 21.7 Å². The Morgan fingerprint density at radius 3 is 2.45 bits per heavy atom. The summed E-state index contributed by atoms with van der Waals surface area (Å²) >= 11 is 1.85. The van der Waals surface area contributed by atoms with Crippen molar-refractivity contribution < 1.29 is 5.11 Å². The zero-order valence-electron chi connectivity index (χ0n) is 11.7. The number of rotatable bonds is 4. The number of hydrogen-bond donors (Lipinski definition) is 2. The molecule has 4 nitrogen and oxygen atoms in total. The van der Waals surface area contributed by atoms with Gasteiger partial charge in [-0.3, -0.25) is 4.79 Å². The van der Waals surface area contributed by atoms with Crippen LogP contribution in [0.5, 0.6) is 5.88 Å². The number of aromatic hydroxyl groups is 1. The average molecular weight is 294 g/mol. The highest BCUT2D eigenvalue weighted by Gasteiger charge is 2.24. The molecule has 1 aromatic rings. The molecule has 0 saturated heterocycles. The molecule has 0 aromatic carbocycles. The minimum atomic E-state index is -0.133. The number of thioether (sulfide) groups is 1. The Hall–Kier alpha value is -0.970. The van der Waals surface area contributed by atoms with Crippen molar-refractivity contribution >= 4 is 11.8 Å². The molecule has 2 aliphatic carbocycles. The molecular weight excluding hydrogens is 272 g/mol. The minimum absolute atomic E-state index is 0.0392. The zero-order chi connectivity index (χ0) is 13.9.